The molecule has 0 fully saturated rings. The van der Waals surface area contributed by atoms with Crippen molar-refractivity contribution in [1.82, 2.24) is 14.8 Å². The van der Waals surface area contributed by atoms with Crippen molar-refractivity contribution in [3.63, 3.8) is 0 Å². The van der Waals surface area contributed by atoms with Crippen LogP contribution in [0.25, 0.3) is 5.69 Å². The van der Waals surface area contributed by atoms with E-state index in [1.807, 2.05) is 29.7 Å². The lowest BCUT2D eigenvalue weighted by Gasteiger charge is -2.13. The maximum Gasteiger partial charge on any atom is 0.199 e. The average Bonchev–Trinajstić information content (AvgIpc) is 2.72. The maximum atomic E-state index is 5.32. The van der Waals surface area contributed by atoms with E-state index in [2.05, 4.69) is 24.0 Å². The minimum absolute atomic E-state index is 0.295. The third-order valence-corrected chi connectivity index (χ3v) is 3.15. The van der Waals surface area contributed by atoms with Crippen molar-refractivity contribution in [2.45, 2.75) is 26.7 Å². The molecule has 0 aliphatic rings. The molecule has 4 nitrogen and oxygen atoms in total. The Bertz CT molecular complexity index is 613. The summed E-state index contributed by atoms with van der Waals surface area (Å²) in [7, 11) is 1.66. The Labute approximate surface area is 112 Å². The smallest absolute Gasteiger partial charge is 0.199 e. The predicted molar refractivity (Wildman–Crippen MR) is 74.1 cm³/mol. The zero-order valence-corrected chi connectivity index (χ0v) is 11.8. The molecule has 0 aliphatic heterocycles. The number of rotatable bonds is 3. The molecule has 0 radical (unpaired) electrons. The molecule has 1 N–H and O–H groups in total. The van der Waals surface area contributed by atoms with Gasteiger partial charge in [-0.2, -0.15) is 5.10 Å². The highest BCUT2D eigenvalue weighted by Crippen LogP contribution is 2.24. The summed E-state index contributed by atoms with van der Waals surface area (Å²) < 4.78 is 7.85. The first kappa shape index (κ1) is 12.8. The standard InChI is InChI=1S/C13H17N3OS/c1-8(2)12-14-15-13(18)16(12)11-7-10(17-4)6-5-9(11)3/h5-8H,1-4H3,(H,15,18). The summed E-state index contributed by atoms with van der Waals surface area (Å²) in [5.74, 6) is 2.04. The van der Waals surface area contributed by atoms with Gasteiger partial charge >= 0.3 is 0 Å². The highest BCUT2D eigenvalue weighted by atomic mass is 32.1. The number of H-pyrrole nitrogens is 1. The monoisotopic (exact) mass is 263 g/mol. The first-order chi connectivity index (χ1) is 8.54. The fourth-order valence-electron chi connectivity index (χ4n) is 1.89. The van der Waals surface area contributed by atoms with Gasteiger partial charge in [0.15, 0.2) is 4.77 Å². The molecule has 5 heteroatoms. The van der Waals surface area contributed by atoms with Gasteiger partial charge in [-0.25, -0.2) is 0 Å². The SMILES string of the molecule is COc1ccc(C)c(-n2c(C(C)C)n[nH]c2=S)c1. The van der Waals surface area contributed by atoms with Gasteiger partial charge in [-0.05, 0) is 30.8 Å². The molecule has 18 heavy (non-hydrogen) atoms. The van der Waals surface area contributed by atoms with E-state index in [9.17, 15) is 0 Å². The molecule has 0 saturated carbocycles. The zero-order chi connectivity index (χ0) is 13.3. The highest BCUT2D eigenvalue weighted by molar-refractivity contribution is 7.71. The third kappa shape index (κ3) is 2.18. The largest absolute Gasteiger partial charge is 0.497 e. The Morgan fingerprint density at radius 1 is 1.39 bits per heavy atom. The van der Waals surface area contributed by atoms with Crippen molar-refractivity contribution >= 4 is 12.2 Å². The third-order valence-electron chi connectivity index (χ3n) is 2.87. The molecule has 1 aromatic heterocycles. The van der Waals surface area contributed by atoms with Crippen molar-refractivity contribution in [3.05, 3.63) is 34.4 Å². The number of ether oxygens (including phenoxy) is 1. The topological polar surface area (TPSA) is 42.8 Å². The van der Waals surface area contributed by atoms with Gasteiger partial charge in [0, 0.05) is 12.0 Å². The van der Waals surface area contributed by atoms with E-state index in [1.54, 1.807) is 7.11 Å². The Morgan fingerprint density at radius 2 is 2.11 bits per heavy atom. The summed E-state index contributed by atoms with van der Waals surface area (Å²) in [6.07, 6.45) is 0. The van der Waals surface area contributed by atoms with E-state index in [4.69, 9.17) is 17.0 Å². The molecule has 0 saturated heterocycles. The number of hydrogen-bond donors (Lipinski definition) is 1. The second-order valence-corrected chi connectivity index (χ2v) is 4.92. The van der Waals surface area contributed by atoms with Crippen LogP contribution in [0.2, 0.25) is 0 Å². The number of aromatic amines is 1. The minimum atomic E-state index is 0.295. The molecular weight excluding hydrogens is 246 g/mol. The van der Waals surface area contributed by atoms with E-state index in [0.717, 1.165) is 22.8 Å². The van der Waals surface area contributed by atoms with Crippen LogP contribution in [0, 0.1) is 11.7 Å². The second-order valence-electron chi connectivity index (χ2n) is 4.53. The molecule has 2 rings (SSSR count). The van der Waals surface area contributed by atoms with Crippen LogP contribution in [0.5, 0.6) is 5.75 Å². The summed E-state index contributed by atoms with van der Waals surface area (Å²) in [6, 6.07) is 5.94. The van der Waals surface area contributed by atoms with Crippen molar-refractivity contribution in [3.8, 4) is 11.4 Å². The molecule has 0 aliphatic carbocycles. The van der Waals surface area contributed by atoms with Crippen LogP contribution in [-0.2, 0) is 0 Å². The summed E-state index contributed by atoms with van der Waals surface area (Å²) >= 11 is 5.32. The highest BCUT2D eigenvalue weighted by Gasteiger charge is 2.13. The van der Waals surface area contributed by atoms with Gasteiger partial charge < -0.3 is 4.74 Å². The maximum absolute atomic E-state index is 5.32. The number of nitrogens with one attached hydrogen (secondary N) is 1. The predicted octanol–water partition coefficient (Wildman–Crippen LogP) is 3.37. The van der Waals surface area contributed by atoms with Crippen LogP contribution in [-0.4, -0.2) is 21.9 Å². The molecule has 0 bridgehead atoms. The van der Waals surface area contributed by atoms with Crippen molar-refractivity contribution in [2.75, 3.05) is 7.11 Å². The number of aryl methyl sites for hydroxylation is 1. The van der Waals surface area contributed by atoms with Crippen LogP contribution in [0.4, 0.5) is 0 Å². The lowest BCUT2D eigenvalue weighted by Crippen LogP contribution is -2.05. The van der Waals surface area contributed by atoms with E-state index in [1.165, 1.54) is 0 Å². The molecule has 0 spiro atoms. The van der Waals surface area contributed by atoms with Crippen molar-refractivity contribution < 1.29 is 4.74 Å². The molecule has 96 valence electrons. The fraction of sp³-hybridized carbons (Fsp3) is 0.385. The number of aromatic nitrogens is 3. The fourth-order valence-corrected chi connectivity index (χ4v) is 2.12. The van der Waals surface area contributed by atoms with E-state index in [0.29, 0.717) is 10.7 Å². The van der Waals surface area contributed by atoms with Crippen molar-refractivity contribution in [2.24, 2.45) is 0 Å². The summed E-state index contributed by atoms with van der Waals surface area (Å²) in [5.41, 5.74) is 2.15. The van der Waals surface area contributed by atoms with Gasteiger partial charge in [0.2, 0.25) is 0 Å². The Balaban J connectivity index is 2.68. The number of nitrogens with zero attached hydrogens (tertiary/aromatic N) is 2. The molecule has 0 atom stereocenters. The van der Waals surface area contributed by atoms with Crippen LogP contribution in [0.1, 0.15) is 31.2 Å². The quantitative estimate of drug-likeness (QED) is 0.863. The van der Waals surface area contributed by atoms with Gasteiger partial charge in [-0.15, -0.1) is 0 Å². The van der Waals surface area contributed by atoms with Gasteiger partial charge in [-0.3, -0.25) is 9.67 Å². The van der Waals surface area contributed by atoms with Crippen LogP contribution >= 0.6 is 12.2 Å². The van der Waals surface area contributed by atoms with Crippen LogP contribution in [0.15, 0.2) is 18.2 Å². The first-order valence-corrected chi connectivity index (χ1v) is 6.27. The van der Waals surface area contributed by atoms with Crippen LogP contribution < -0.4 is 4.74 Å². The van der Waals surface area contributed by atoms with Gasteiger partial charge in [0.05, 0.1) is 12.8 Å². The Morgan fingerprint density at radius 3 is 2.72 bits per heavy atom. The molecular formula is C13H17N3OS. The molecule has 0 amide bonds. The second kappa shape index (κ2) is 4.94. The number of hydrogen-bond acceptors (Lipinski definition) is 3. The summed E-state index contributed by atoms with van der Waals surface area (Å²) in [5, 5.41) is 7.15. The minimum Gasteiger partial charge on any atom is -0.497 e. The molecule has 2 aromatic rings. The normalized spacial score (nSPS) is 10.9. The van der Waals surface area contributed by atoms with Crippen LogP contribution in [0.3, 0.4) is 0 Å². The Hall–Kier alpha value is -1.62. The summed E-state index contributed by atoms with van der Waals surface area (Å²) in [6.45, 7) is 6.24. The van der Waals surface area contributed by atoms with E-state index < -0.39 is 0 Å². The first-order valence-electron chi connectivity index (χ1n) is 5.87. The zero-order valence-electron chi connectivity index (χ0n) is 11.0. The lowest BCUT2D eigenvalue weighted by atomic mass is 10.1. The summed E-state index contributed by atoms with van der Waals surface area (Å²) in [4.78, 5) is 0. The number of benzene rings is 1. The van der Waals surface area contributed by atoms with Gasteiger partial charge in [0.1, 0.15) is 11.6 Å². The van der Waals surface area contributed by atoms with Crippen molar-refractivity contribution in [1.29, 1.82) is 0 Å². The Kier molecular flexibility index (Phi) is 3.52. The lowest BCUT2D eigenvalue weighted by molar-refractivity contribution is 0.414. The van der Waals surface area contributed by atoms with E-state index in [-0.39, 0.29) is 0 Å². The number of methoxy groups -OCH3 is 1. The molecule has 1 heterocycles. The van der Waals surface area contributed by atoms with E-state index >= 15 is 0 Å². The van der Waals surface area contributed by atoms with Gasteiger partial charge in [0.25, 0.3) is 0 Å². The molecule has 0 unspecified atom stereocenters. The molecule has 1 aromatic carbocycles. The van der Waals surface area contributed by atoms with Gasteiger partial charge in [-0.1, -0.05) is 19.9 Å². The average molecular weight is 263 g/mol.